The molecule has 0 aliphatic rings. The molecule has 0 heterocycles. The summed E-state index contributed by atoms with van der Waals surface area (Å²) in [5.41, 5.74) is 5.50. The monoisotopic (exact) mass is 191 g/mol. The van der Waals surface area contributed by atoms with Gasteiger partial charge in [-0.1, -0.05) is 13.8 Å². The third-order valence-corrected chi connectivity index (χ3v) is 1.80. The van der Waals surface area contributed by atoms with Crippen LogP contribution in [0.3, 0.4) is 0 Å². The van der Waals surface area contributed by atoms with Crippen molar-refractivity contribution < 1.29 is 9.59 Å². The molecule has 3 nitrogen and oxygen atoms in total. The number of Topliss-reactive ketones (excluding diaryl/α,β-unsaturated/α-hetero) is 1. The molecule has 0 aliphatic heterocycles. The summed E-state index contributed by atoms with van der Waals surface area (Å²) in [6.07, 6.45) is 0.972. The van der Waals surface area contributed by atoms with Gasteiger partial charge in [0, 0.05) is 0 Å². The minimum Gasteiger partial charge on any atom is -0.321 e. The molecule has 0 amide bonds. The van der Waals surface area contributed by atoms with Crippen LogP contribution in [-0.2, 0) is 9.59 Å². The fourth-order valence-electron chi connectivity index (χ4n) is 0.896. The van der Waals surface area contributed by atoms with E-state index in [0.29, 0.717) is 18.6 Å². The largest absolute Gasteiger partial charge is 0.321 e. The molecule has 0 aromatic rings. The molecule has 0 aliphatic carbocycles. The predicted octanol–water partition coefficient (Wildman–Crippen LogP) is 0.735. The number of hydrogen-bond donors (Lipinski definition) is 1. The van der Waals surface area contributed by atoms with Gasteiger partial charge in [-0.15, -0.1) is 11.6 Å². The number of ketones is 1. The van der Waals surface area contributed by atoms with E-state index in [2.05, 4.69) is 0 Å². The molecule has 0 aromatic heterocycles. The van der Waals surface area contributed by atoms with Crippen molar-refractivity contribution in [2.24, 2.45) is 11.7 Å². The van der Waals surface area contributed by atoms with Crippen LogP contribution in [0.5, 0.6) is 0 Å². The molecule has 70 valence electrons. The van der Waals surface area contributed by atoms with Crippen molar-refractivity contribution in [3.05, 3.63) is 0 Å². The van der Waals surface area contributed by atoms with Crippen molar-refractivity contribution in [1.29, 1.82) is 0 Å². The first-order valence-corrected chi connectivity index (χ1v) is 4.31. The summed E-state index contributed by atoms with van der Waals surface area (Å²) in [4.78, 5) is 21.2. The smallest absolute Gasteiger partial charge is 0.174 e. The fourth-order valence-corrected chi connectivity index (χ4v) is 1.06. The maximum absolute atomic E-state index is 11.1. The van der Waals surface area contributed by atoms with E-state index in [-0.39, 0.29) is 5.78 Å². The van der Waals surface area contributed by atoms with Gasteiger partial charge in [-0.3, -0.25) is 4.79 Å². The summed E-state index contributed by atoms with van der Waals surface area (Å²) in [5.74, 6) is -0.0557. The maximum atomic E-state index is 11.1. The fraction of sp³-hybridized carbons (Fsp3) is 0.750. The minimum absolute atomic E-state index is 0.333. The number of rotatable bonds is 5. The molecule has 0 aromatic carbocycles. The van der Waals surface area contributed by atoms with Crippen LogP contribution in [0, 0.1) is 5.92 Å². The summed E-state index contributed by atoms with van der Waals surface area (Å²) in [6, 6.07) is -0.613. The molecule has 0 rings (SSSR count). The molecule has 0 fully saturated rings. The normalized spacial score (nSPS) is 15.8. The van der Waals surface area contributed by atoms with E-state index >= 15 is 0 Å². The molecule has 0 radical (unpaired) electrons. The highest BCUT2D eigenvalue weighted by molar-refractivity contribution is 6.39. The van der Waals surface area contributed by atoms with Gasteiger partial charge in [-0.2, -0.15) is 0 Å². The SMILES string of the molecule is CC(C)CC(N)C(=O)C(Cl)C=O. The highest BCUT2D eigenvalue weighted by Gasteiger charge is 2.22. The lowest BCUT2D eigenvalue weighted by atomic mass is 10.00. The molecule has 2 unspecified atom stereocenters. The second-order valence-electron chi connectivity index (χ2n) is 3.18. The molecule has 12 heavy (non-hydrogen) atoms. The van der Waals surface area contributed by atoms with Gasteiger partial charge in [0.1, 0.15) is 11.7 Å². The van der Waals surface area contributed by atoms with Crippen molar-refractivity contribution >= 4 is 23.7 Å². The van der Waals surface area contributed by atoms with Crippen LogP contribution in [0.25, 0.3) is 0 Å². The lowest BCUT2D eigenvalue weighted by molar-refractivity contribution is -0.123. The Labute approximate surface area is 77.3 Å². The van der Waals surface area contributed by atoms with Crippen molar-refractivity contribution in [2.75, 3.05) is 0 Å². The molecule has 2 atom stereocenters. The highest BCUT2D eigenvalue weighted by Crippen LogP contribution is 2.06. The van der Waals surface area contributed by atoms with Crippen molar-refractivity contribution in [1.82, 2.24) is 0 Å². The number of alkyl halides is 1. The minimum atomic E-state index is -1.08. The molecular weight excluding hydrogens is 178 g/mol. The molecule has 2 N–H and O–H groups in total. The molecule has 0 saturated carbocycles. The Morgan fingerprint density at radius 1 is 1.58 bits per heavy atom. The Hall–Kier alpha value is -0.410. The van der Waals surface area contributed by atoms with Crippen LogP contribution in [0.1, 0.15) is 20.3 Å². The molecule has 0 bridgehead atoms. The first-order valence-electron chi connectivity index (χ1n) is 3.87. The van der Waals surface area contributed by atoms with Crippen LogP contribution in [0.4, 0.5) is 0 Å². The number of carbonyl (C=O) groups excluding carboxylic acids is 2. The van der Waals surface area contributed by atoms with Gasteiger partial charge < -0.3 is 10.5 Å². The first kappa shape index (κ1) is 11.6. The molecule has 0 spiro atoms. The predicted molar refractivity (Wildman–Crippen MR) is 48.1 cm³/mol. The van der Waals surface area contributed by atoms with Gasteiger partial charge >= 0.3 is 0 Å². The Kier molecular flexibility index (Phi) is 5.09. The maximum Gasteiger partial charge on any atom is 0.174 e. The van der Waals surface area contributed by atoms with E-state index < -0.39 is 11.4 Å². The van der Waals surface area contributed by atoms with E-state index in [4.69, 9.17) is 17.3 Å². The lowest BCUT2D eigenvalue weighted by Gasteiger charge is -2.12. The Balaban J connectivity index is 4.00. The van der Waals surface area contributed by atoms with Crippen molar-refractivity contribution in [3.63, 3.8) is 0 Å². The summed E-state index contributed by atoms with van der Waals surface area (Å²) in [5, 5.41) is -1.08. The third kappa shape index (κ3) is 3.83. The van der Waals surface area contributed by atoms with E-state index in [0.717, 1.165) is 0 Å². The quantitative estimate of drug-likeness (QED) is 0.396. The van der Waals surface area contributed by atoms with Gasteiger partial charge in [0.2, 0.25) is 0 Å². The molecule has 4 heteroatoms. The van der Waals surface area contributed by atoms with E-state index in [9.17, 15) is 9.59 Å². The van der Waals surface area contributed by atoms with Gasteiger partial charge in [-0.05, 0) is 12.3 Å². The van der Waals surface area contributed by atoms with Crippen molar-refractivity contribution in [3.8, 4) is 0 Å². The van der Waals surface area contributed by atoms with E-state index in [1.165, 1.54) is 0 Å². The summed E-state index contributed by atoms with van der Waals surface area (Å²) in [6.45, 7) is 3.91. The van der Waals surface area contributed by atoms with Crippen LogP contribution in [-0.4, -0.2) is 23.5 Å². The summed E-state index contributed by atoms with van der Waals surface area (Å²) in [7, 11) is 0. The Morgan fingerprint density at radius 3 is 2.42 bits per heavy atom. The van der Waals surface area contributed by atoms with Gasteiger partial charge in [0.15, 0.2) is 5.78 Å². The average Bonchev–Trinajstić information content (AvgIpc) is 2.00. The van der Waals surface area contributed by atoms with Gasteiger partial charge in [-0.25, -0.2) is 0 Å². The van der Waals surface area contributed by atoms with E-state index in [1.54, 1.807) is 0 Å². The molecular formula is C8H14ClNO2. The van der Waals surface area contributed by atoms with Crippen LogP contribution < -0.4 is 5.73 Å². The summed E-state index contributed by atoms with van der Waals surface area (Å²) < 4.78 is 0. The zero-order valence-electron chi connectivity index (χ0n) is 7.29. The number of carbonyl (C=O) groups is 2. The number of halogens is 1. The van der Waals surface area contributed by atoms with Crippen LogP contribution in [0.15, 0.2) is 0 Å². The topological polar surface area (TPSA) is 60.2 Å². The Morgan fingerprint density at radius 2 is 2.08 bits per heavy atom. The Bertz CT molecular complexity index is 170. The zero-order valence-corrected chi connectivity index (χ0v) is 8.04. The second-order valence-corrected chi connectivity index (χ2v) is 3.65. The van der Waals surface area contributed by atoms with Crippen LogP contribution >= 0.6 is 11.6 Å². The lowest BCUT2D eigenvalue weighted by Crippen LogP contribution is -2.37. The van der Waals surface area contributed by atoms with Crippen LogP contribution in [0.2, 0.25) is 0 Å². The van der Waals surface area contributed by atoms with E-state index in [1.807, 2.05) is 13.8 Å². The second kappa shape index (κ2) is 5.27. The summed E-state index contributed by atoms with van der Waals surface area (Å²) >= 11 is 5.40. The molecule has 0 saturated heterocycles. The highest BCUT2D eigenvalue weighted by atomic mass is 35.5. The zero-order chi connectivity index (χ0) is 9.72. The average molecular weight is 192 g/mol. The van der Waals surface area contributed by atoms with Crippen molar-refractivity contribution in [2.45, 2.75) is 31.7 Å². The van der Waals surface area contributed by atoms with Gasteiger partial charge in [0.25, 0.3) is 0 Å². The third-order valence-electron chi connectivity index (χ3n) is 1.48. The number of aldehydes is 1. The first-order chi connectivity index (χ1) is 5.49. The standard InChI is InChI=1S/C8H14ClNO2/c1-5(2)3-7(10)8(12)6(9)4-11/h4-7H,3,10H2,1-2H3. The number of nitrogens with two attached hydrogens (primary N) is 1. The number of hydrogen-bond acceptors (Lipinski definition) is 3. The van der Waals surface area contributed by atoms with Gasteiger partial charge in [0.05, 0.1) is 6.04 Å².